The van der Waals surface area contributed by atoms with Crippen LogP contribution in [-0.4, -0.2) is 18.4 Å². The van der Waals surface area contributed by atoms with Gasteiger partial charge in [0.1, 0.15) is 0 Å². The molecule has 138 valence electrons. The molecule has 1 fully saturated rings. The lowest BCUT2D eigenvalue weighted by Crippen LogP contribution is -2.23. The van der Waals surface area contributed by atoms with Crippen molar-refractivity contribution in [2.75, 3.05) is 16.8 Å². The van der Waals surface area contributed by atoms with Crippen molar-refractivity contribution < 1.29 is 9.59 Å². The first-order valence-electron chi connectivity index (χ1n) is 9.62. The normalized spacial score (nSPS) is 14.7. The van der Waals surface area contributed by atoms with Gasteiger partial charge in [-0.2, -0.15) is 0 Å². The minimum absolute atomic E-state index is 0.148. The summed E-state index contributed by atoms with van der Waals surface area (Å²) >= 11 is 0. The van der Waals surface area contributed by atoms with E-state index in [-0.39, 0.29) is 11.8 Å². The number of hydrogen-bond donors (Lipinski definition) is 1. The predicted octanol–water partition coefficient (Wildman–Crippen LogP) is 4.64. The largest absolute Gasteiger partial charge is 0.322 e. The van der Waals surface area contributed by atoms with E-state index < -0.39 is 0 Å². The van der Waals surface area contributed by atoms with Crippen LogP contribution in [0.4, 0.5) is 11.4 Å². The van der Waals surface area contributed by atoms with Crippen molar-refractivity contribution in [3.63, 3.8) is 0 Å². The van der Waals surface area contributed by atoms with Gasteiger partial charge >= 0.3 is 0 Å². The van der Waals surface area contributed by atoms with Crippen molar-refractivity contribution >= 4 is 23.2 Å². The van der Waals surface area contributed by atoms with E-state index in [4.69, 9.17) is 0 Å². The Morgan fingerprint density at radius 2 is 1.68 bits per heavy atom. The van der Waals surface area contributed by atoms with E-state index in [0.717, 1.165) is 30.8 Å². The minimum atomic E-state index is -0.148. The highest BCUT2D eigenvalue weighted by molar-refractivity contribution is 6.05. The second-order valence-electron chi connectivity index (χ2n) is 7.36. The molecule has 0 atom stereocenters. The molecule has 0 radical (unpaired) electrons. The molecule has 1 heterocycles. The second kappa shape index (κ2) is 6.64. The fourth-order valence-corrected chi connectivity index (χ4v) is 4.12. The molecule has 1 aliphatic carbocycles. The van der Waals surface area contributed by atoms with Crippen LogP contribution < -0.4 is 10.2 Å². The Morgan fingerprint density at radius 1 is 0.893 bits per heavy atom. The van der Waals surface area contributed by atoms with E-state index >= 15 is 0 Å². The van der Waals surface area contributed by atoms with Gasteiger partial charge in [-0.3, -0.25) is 9.59 Å². The number of rotatable bonds is 3. The van der Waals surface area contributed by atoms with Crippen molar-refractivity contribution in [2.45, 2.75) is 19.3 Å². The fraction of sp³-hybridized carbons (Fsp3) is 0.167. The maximum atomic E-state index is 12.7. The molecule has 1 N–H and O–H groups in total. The number of fused-ring (bicyclic) bond motifs is 3. The van der Waals surface area contributed by atoms with Gasteiger partial charge < -0.3 is 10.2 Å². The molecule has 0 aromatic heterocycles. The summed E-state index contributed by atoms with van der Waals surface area (Å²) < 4.78 is 0. The number of nitrogens with one attached hydrogen (secondary N) is 1. The highest BCUT2D eigenvalue weighted by atomic mass is 16.2. The summed E-state index contributed by atoms with van der Waals surface area (Å²) in [5.41, 5.74) is 7.28. The fourth-order valence-electron chi connectivity index (χ4n) is 4.12. The van der Waals surface area contributed by atoms with E-state index in [1.165, 1.54) is 22.3 Å². The van der Waals surface area contributed by atoms with Gasteiger partial charge in [0, 0.05) is 29.9 Å². The molecular weight excluding hydrogens is 348 g/mol. The molecule has 3 aromatic rings. The molecule has 4 nitrogen and oxygen atoms in total. The number of hydrogen-bond acceptors (Lipinski definition) is 2. The average Bonchev–Trinajstić information content (AvgIpc) is 3.31. The molecule has 3 aromatic carbocycles. The van der Waals surface area contributed by atoms with Gasteiger partial charge in [0.05, 0.1) is 0 Å². The van der Waals surface area contributed by atoms with Crippen molar-refractivity contribution in [3.8, 4) is 11.1 Å². The number of nitrogens with zero attached hydrogens (tertiary/aromatic N) is 1. The number of benzene rings is 3. The molecule has 0 unspecified atom stereocenters. The molecule has 2 aliphatic rings. The van der Waals surface area contributed by atoms with Gasteiger partial charge in [0.15, 0.2) is 0 Å². The Morgan fingerprint density at radius 3 is 2.46 bits per heavy atom. The maximum absolute atomic E-state index is 12.7. The lowest BCUT2D eigenvalue weighted by atomic mass is 10.1. The zero-order chi connectivity index (χ0) is 19.1. The van der Waals surface area contributed by atoms with Crippen LogP contribution in [0.5, 0.6) is 0 Å². The Bertz CT molecular complexity index is 1090. The smallest absolute Gasteiger partial charge is 0.255 e. The lowest BCUT2D eigenvalue weighted by molar-refractivity contribution is -0.117. The topological polar surface area (TPSA) is 49.4 Å². The Hall–Kier alpha value is -3.40. The van der Waals surface area contributed by atoms with Crippen molar-refractivity contribution in [1.29, 1.82) is 0 Å². The van der Waals surface area contributed by atoms with Gasteiger partial charge in [-0.15, -0.1) is 0 Å². The van der Waals surface area contributed by atoms with Crippen molar-refractivity contribution in [3.05, 3.63) is 83.4 Å². The van der Waals surface area contributed by atoms with Crippen molar-refractivity contribution in [2.24, 2.45) is 0 Å². The van der Waals surface area contributed by atoms with Gasteiger partial charge in [-0.1, -0.05) is 30.3 Å². The highest BCUT2D eigenvalue weighted by Crippen LogP contribution is 2.37. The summed E-state index contributed by atoms with van der Waals surface area (Å²) in [6.07, 6.45) is 2.43. The molecule has 28 heavy (non-hydrogen) atoms. The van der Waals surface area contributed by atoms with Gasteiger partial charge in [-0.05, 0) is 71.5 Å². The summed E-state index contributed by atoms with van der Waals surface area (Å²) in [6.45, 7) is 0.751. The Balaban J connectivity index is 1.35. The number of amides is 2. The van der Waals surface area contributed by atoms with E-state index in [2.05, 4.69) is 35.6 Å². The second-order valence-corrected chi connectivity index (χ2v) is 7.36. The van der Waals surface area contributed by atoms with E-state index in [1.54, 1.807) is 17.0 Å². The zero-order valence-electron chi connectivity index (χ0n) is 15.4. The number of anilines is 2. The molecule has 1 aliphatic heterocycles. The molecular formula is C24H20N2O2. The van der Waals surface area contributed by atoms with Crippen LogP contribution in [0.15, 0.2) is 66.7 Å². The first-order valence-corrected chi connectivity index (χ1v) is 9.62. The average molecular weight is 368 g/mol. The third kappa shape index (κ3) is 2.87. The maximum Gasteiger partial charge on any atom is 0.255 e. The van der Waals surface area contributed by atoms with E-state index in [1.807, 2.05) is 24.3 Å². The standard InChI is InChI=1S/C24H20N2O2/c27-23-6-3-13-26(23)20-11-8-16(9-12-20)24(28)25-19-10-7-18-14-17-4-1-2-5-21(17)22(18)15-19/h1-2,4-5,7-12,15H,3,6,13-14H2,(H,25,28). The lowest BCUT2D eigenvalue weighted by Gasteiger charge is -2.16. The molecule has 4 heteroatoms. The van der Waals surface area contributed by atoms with Crippen LogP contribution in [0, 0.1) is 0 Å². The van der Waals surface area contributed by atoms with Crippen molar-refractivity contribution in [1.82, 2.24) is 0 Å². The quantitative estimate of drug-likeness (QED) is 0.573. The molecule has 0 spiro atoms. The number of carbonyl (C=O) groups excluding carboxylic acids is 2. The first kappa shape index (κ1) is 16.8. The van der Waals surface area contributed by atoms with Crippen LogP contribution in [-0.2, 0) is 11.2 Å². The van der Waals surface area contributed by atoms with Gasteiger partial charge in [0.2, 0.25) is 5.91 Å². The molecule has 5 rings (SSSR count). The van der Waals surface area contributed by atoms with E-state index in [9.17, 15) is 9.59 Å². The monoisotopic (exact) mass is 368 g/mol. The van der Waals surface area contributed by atoms with Gasteiger partial charge in [0.25, 0.3) is 5.91 Å². The molecule has 2 amide bonds. The zero-order valence-corrected chi connectivity index (χ0v) is 15.4. The van der Waals surface area contributed by atoms with Gasteiger partial charge in [-0.25, -0.2) is 0 Å². The predicted molar refractivity (Wildman–Crippen MR) is 111 cm³/mol. The van der Waals surface area contributed by atoms with Crippen LogP contribution >= 0.6 is 0 Å². The summed E-state index contributed by atoms with van der Waals surface area (Å²) in [4.78, 5) is 26.3. The Labute approximate surface area is 163 Å². The molecule has 1 saturated heterocycles. The summed E-state index contributed by atoms with van der Waals surface area (Å²) in [5.74, 6) is 0.00107. The first-order chi connectivity index (χ1) is 13.7. The van der Waals surface area contributed by atoms with Crippen LogP contribution in [0.25, 0.3) is 11.1 Å². The Kier molecular flexibility index (Phi) is 3.97. The third-order valence-corrected chi connectivity index (χ3v) is 5.57. The number of carbonyl (C=O) groups is 2. The third-order valence-electron chi connectivity index (χ3n) is 5.57. The molecule has 0 saturated carbocycles. The van der Waals surface area contributed by atoms with E-state index in [0.29, 0.717) is 12.0 Å². The van der Waals surface area contributed by atoms with Crippen LogP contribution in [0.1, 0.15) is 34.3 Å². The van der Waals surface area contributed by atoms with Crippen LogP contribution in [0.2, 0.25) is 0 Å². The summed E-state index contributed by atoms with van der Waals surface area (Å²) in [6, 6.07) is 21.7. The minimum Gasteiger partial charge on any atom is -0.322 e. The molecule has 0 bridgehead atoms. The highest BCUT2D eigenvalue weighted by Gasteiger charge is 2.22. The summed E-state index contributed by atoms with van der Waals surface area (Å²) in [7, 11) is 0. The SMILES string of the molecule is O=C(Nc1ccc2c(c1)-c1ccccc1C2)c1ccc(N2CCCC2=O)cc1. The summed E-state index contributed by atoms with van der Waals surface area (Å²) in [5, 5.41) is 3.00. The van der Waals surface area contributed by atoms with Crippen LogP contribution in [0.3, 0.4) is 0 Å².